The molecule has 2 rings (SSSR count). The molecule has 0 atom stereocenters. The lowest BCUT2D eigenvalue weighted by Crippen LogP contribution is -2.41. The molecule has 0 aliphatic carbocycles. The van der Waals surface area contributed by atoms with Crippen LogP contribution in [0, 0.1) is 0 Å². The Morgan fingerprint density at radius 1 is 0.960 bits per heavy atom. The van der Waals surface area contributed by atoms with Crippen LogP contribution < -0.4 is 11.1 Å². The Morgan fingerprint density at radius 3 is 2.00 bits per heavy atom. The molecule has 25 heavy (non-hydrogen) atoms. The van der Waals surface area contributed by atoms with Gasteiger partial charge in [0.2, 0.25) is 0 Å². The van der Waals surface area contributed by atoms with E-state index in [4.69, 9.17) is 5.73 Å². The molecular formula is C17H16F3N3O2. The topological polar surface area (TPSA) is 85.1 Å². The maximum Gasteiger partial charge on any atom is 0.416 e. The molecule has 0 spiro atoms. The van der Waals surface area contributed by atoms with Crippen molar-refractivity contribution in [1.82, 2.24) is 10.3 Å². The van der Waals surface area contributed by atoms with Crippen molar-refractivity contribution >= 4 is 11.8 Å². The number of benzene rings is 1. The lowest BCUT2D eigenvalue weighted by molar-refractivity contribution is -0.137. The molecule has 0 aliphatic rings. The van der Waals surface area contributed by atoms with Crippen molar-refractivity contribution < 1.29 is 22.8 Å². The first-order valence-electron chi connectivity index (χ1n) is 7.28. The van der Waals surface area contributed by atoms with E-state index >= 15 is 0 Å². The van der Waals surface area contributed by atoms with E-state index < -0.39 is 29.1 Å². The molecule has 2 amide bonds. The third-order valence-electron chi connectivity index (χ3n) is 3.59. The third-order valence-corrected chi connectivity index (χ3v) is 3.59. The predicted molar refractivity (Wildman–Crippen MR) is 84.7 cm³/mol. The standard InChI is InChI=1S/C17H16F3N3O2/c1-16(2,10-6-8-11(9-7-10)17(18,19)20)23-15(25)13-5-3-4-12(22-13)14(21)24/h3-9H,1-2H3,(H2,21,24)(H,23,25). The number of nitrogens with zero attached hydrogens (tertiary/aromatic N) is 1. The van der Waals surface area contributed by atoms with Gasteiger partial charge in [-0.05, 0) is 43.7 Å². The van der Waals surface area contributed by atoms with E-state index in [1.807, 2.05) is 0 Å². The fraction of sp³-hybridized carbons (Fsp3) is 0.235. The molecule has 0 bridgehead atoms. The fourth-order valence-electron chi connectivity index (χ4n) is 2.19. The van der Waals surface area contributed by atoms with Gasteiger partial charge in [0.15, 0.2) is 0 Å². The first-order valence-corrected chi connectivity index (χ1v) is 7.28. The van der Waals surface area contributed by atoms with Crippen molar-refractivity contribution in [2.24, 2.45) is 5.73 Å². The summed E-state index contributed by atoms with van der Waals surface area (Å²) >= 11 is 0. The largest absolute Gasteiger partial charge is 0.416 e. The number of pyridine rings is 1. The molecule has 0 saturated heterocycles. The molecule has 1 aromatic carbocycles. The van der Waals surface area contributed by atoms with Gasteiger partial charge in [0.25, 0.3) is 11.8 Å². The van der Waals surface area contributed by atoms with E-state index in [2.05, 4.69) is 10.3 Å². The molecular weight excluding hydrogens is 335 g/mol. The molecule has 0 radical (unpaired) electrons. The Hall–Kier alpha value is -2.90. The normalized spacial score (nSPS) is 11.9. The van der Waals surface area contributed by atoms with E-state index in [0.717, 1.165) is 12.1 Å². The quantitative estimate of drug-likeness (QED) is 0.888. The summed E-state index contributed by atoms with van der Waals surface area (Å²) in [7, 11) is 0. The molecule has 0 unspecified atom stereocenters. The van der Waals surface area contributed by atoms with Crippen LogP contribution in [0.25, 0.3) is 0 Å². The van der Waals surface area contributed by atoms with E-state index in [0.29, 0.717) is 5.56 Å². The SMILES string of the molecule is CC(C)(NC(=O)c1cccc(C(N)=O)n1)c1ccc(C(F)(F)F)cc1. The van der Waals surface area contributed by atoms with Gasteiger partial charge in [-0.3, -0.25) is 9.59 Å². The number of alkyl halides is 3. The Bertz CT molecular complexity index is 800. The molecule has 2 aromatic rings. The number of aromatic nitrogens is 1. The van der Waals surface area contributed by atoms with Crippen LogP contribution >= 0.6 is 0 Å². The maximum atomic E-state index is 12.6. The van der Waals surface area contributed by atoms with Crippen molar-refractivity contribution in [3.05, 3.63) is 65.0 Å². The van der Waals surface area contributed by atoms with Gasteiger partial charge in [-0.25, -0.2) is 4.98 Å². The summed E-state index contributed by atoms with van der Waals surface area (Å²) in [6, 6.07) is 8.76. The highest BCUT2D eigenvalue weighted by Gasteiger charge is 2.31. The second-order valence-electron chi connectivity index (χ2n) is 5.93. The lowest BCUT2D eigenvalue weighted by Gasteiger charge is -2.27. The summed E-state index contributed by atoms with van der Waals surface area (Å²) < 4.78 is 37.9. The van der Waals surface area contributed by atoms with Crippen LogP contribution in [0.5, 0.6) is 0 Å². The number of carbonyl (C=O) groups is 2. The maximum absolute atomic E-state index is 12.6. The number of rotatable bonds is 4. The first-order chi connectivity index (χ1) is 11.5. The Kier molecular flexibility index (Phi) is 4.82. The monoisotopic (exact) mass is 351 g/mol. The average Bonchev–Trinajstić information content (AvgIpc) is 2.54. The Morgan fingerprint density at radius 2 is 1.48 bits per heavy atom. The van der Waals surface area contributed by atoms with Gasteiger partial charge in [0, 0.05) is 0 Å². The molecule has 0 saturated carbocycles. The predicted octanol–water partition coefficient (Wildman–Crippen LogP) is 2.86. The fourth-order valence-corrected chi connectivity index (χ4v) is 2.19. The molecule has 3 N–H and O–H groups in total. The van der Waals surface area contributed by atoms with E-state index in [9.17, 15) is 22.8 Å². The highest BCUT2D eigenvalue weighted by atomic mass is 19.4. The van der Waals surface area contributed by atoms with Crippen LogP contribution in [0.3, 0.4) is 0 Å². The number of hydrogen-bond donors (Lipinski definition) is 2. The van der Waals surface area contributed by atoms with Gasteiger partial charge in [-0.2, -0.15) is 13.2 Å². The van der Waals surface area contributed by atoms with Crippen LogP contribution in [0.15, 0.2) is 42.5 Å². The zero-order chi connectivity index (χ0) is 18.8. The molecule has 0 aliphatic heterocycles. The van der Waals surface area contributed by atoms with Crippen molar-refractivity contribution in [1.29, 1.82) is 0 Å². The zero-order valence-corrected chi connectivity index (χ0v) is 13.5. The van der Waals surface area contributed by atoms with Gasteiger partial charge in [0.1, 0.15) is 11.4 Å². The van der Waals surface area contributed by atoms with Crippen LogP contribution in [0.4, 0.5) is 13.2 Å². The average molecular weight is 351 g/mol. The number of nitrogens with one attached hydrogen (secondary N) is 1. The minimum atomic E-state index is -4.43. The Labute approximate surface area is 142 Å². The number of primary amides is 1. The van der Waals surface area contributed by atoms with E-state index in [1.165, 1.54) is 30.3 Å². The molecule has 8 heteroatoms. The van der Waals surface area contributed by atoms with Gasteiger partial charge >= 0.3 is 6.18 Å². The smallest absolute Gasteiger partial charge is 0.364 e. The minimum absolute atomic E-state index is 0.0173. The molecule has 1 aromatic heterocycles. The second-order valence-corrected chi connectivity index (χ2v) is 5.93. The number of carbonyl (C=O) groups excluding carboxylic acids is 2. The van der Waals surface area contributed by atoms with E-state index in [1.54, 1.807) is 13.8 Å². The third kappa shape index (κ3) is 4.34. The van der Waals surface area contributed by atoms with E-state index in [-0.39, 0.29) is 11.4 Å². The highest BCUT2D eigenvalue weighted by molar-refractivity contribution is 5.95. The van der Waals surface area contributed by atoms with Crippen molar-refractivity contribution in [2.75, 3.05) is 0 Å². The summed E-state index contributed by atoms with van der Waals surface area (Å²) in [4.78, 5) is 27.3. The second kappa shape index (κ2) is 6.54. The Balaban J connectivity index is 2.21. The van der Waals surface area contributed by atoms with Gasteiger partial charge in [-0.1, -0.05) is 18.2 Å². The van der Waals surface area contributed by atoms with Crippen LogP contribution in [-0.2, 0) is 11.7 Å². The summed E-state index contributed by atoms with van der Waals surface area (Å²) in [6.45, 7) is 3.29. The van der Waals surface area contributed by atoms with Crippen molar-refractivity contribution in [3.8, 4) is 0 Å². The van der Waals surface area contributed by atoms with Crippen LogP contribution in [0.1, 0.15) is 46.0 Å². The van der Waals surface area contributed by atoms with Gasteiger partial charge in [-0.15, -0.1) is 0 Å². The first kappa shape index (κ1) is 18.4. The van der Waals surface area contributed by atoms with Gasteiger partial charge in [0.05, 0.1) is 11.1 Å². The number of amides is 2. The van der Waals surface area contributed by atoms with Crippen LogP contribution in [-0.4, -0.2) is 16.8 Å². The minimum Gasteiger partial charge on any atom is -0.364 e. The number of nitrogens with two attached hydrogens (primary N) is 1. The molecule has 1 heterocycles. The summed E-state index contributed by atoms with van der Waals surface area (Å²) in [6.07, 6.45) is -4.43. The summed E-state index contributed by atoms with van der Waals surface area (Å²) in [5.41, 5.74) is 3.82. The summed E-state index contributed by atoms with van der Waals surface area (Å²) in [5.74, 6) is -1.34. The van der Waals surface area contributed by atoms with Crippen molar-refractivity contribution in [2.45, 2.75) is 25.6 Å². The molecule has 5 nitrogen and oxygen atoms in total. The molecule has 0 fully saturated rings. The zero-order valence-electron chi connectivity index (χ0n) is 13.5. The molecule has 132 valence electrons. The van der Waals surface area contributed by atoms with Crippen molar-refractivity contribution in [3.63, 3.8) is 0 Å². The lowest BCUT2D eigenvalue weighted by atomic mass is 9.93. The summed E-state index contributed by atoms with van der Waals surface area (Å²) in [5, 5.41) is 2.68. The number of hydrogen-bond acceptors (Lipinski definition) is 3. The van der Waals surface area contributed by atoms with Gasteiger partial charge < -0.3 is 11.1 Å². The number of halogens is 3. The van der Waals surface area contributed by atoms with Crippen LogP contribution in [0.2, 0.25) is 0 Å². The highest BCUT2D eigenvalue weighted by Crippen LogP contribution is 2.31.